The number of benzene rings is 1. The maximum atomic E-state index is 13.0. The van der Waals surface area contributed by atoms with Gasteiger partial charge in [-0.2, -0.15) is 0 Å². The van der Waals surface area contributed by atoms with Crippen LogP contribution in [0.25, 0.3) is 0 Å². The maximum Gasteiger partial charge on any atom is 0.326 e. The van der Waals surface area contributed by atoms with Crippen molar-refractivity contribution in [3.05, 3.63) is 35.6 Å². The van der Waals surface area contributed by atoms with Crippen LogP contribution in [0.1, 0.15) is 5.56 Å². The van der Waals surface area contributed by atoms with Gasteiger partial charge in [0.1, 0.15) is 11.9 Å². The molecule has 1 aromatic carbocycles. The van der Waals surface area contributed by atoms with E-state index in [0.29, 0.717) is 5.56 Å². The molecule has 0 saturated heterocycles. The van der Waals surface area contributed by atoms with E-state index in [1.807, 2.05) is 0 Å². The molecule has 0 aromatic heterocycles. The predicted molar refractivity (Wildman–Crippen MR) is 63.6 cm³/mol. The van der Waals surface area contributed by atoms with Gasteiger partial charge in [-0.1, -0.05) is 12.1 Å². The third kappa shape index (κ3) is 4.50. The van der Waals surface area contributed by atoms with Gasteiger partial charge in [0, 0.05) is 6.42 Å². The van der Waals surface area contributed by atoms with Crippen LogP contribution in [0.2, 0.25) is 0 Å². The number of carbonyl (C=O) groups excluding carboxylic acids is 1. The van der Waals surface area contributed by atoms with E-state index >= 15 is 0 Å². The summed E-state index contributed by atoms with van der Waals surface area (Å²) in [6.45, 7) is 0.0347. The zero-order chi connectivity index (χ0) is 13.5. The highest BCUT2D eigenvalue weighted by atomic mass is 19.1. The topological polar surface area (TPSA) is 78.4 Å². The van der Waals surface area contributed by atoms with Crippen LogP contribution < -0.4 is 10.6 Å². The van der Waals surface area contributed by atoms with Crippen molar-refractivity contribution in [2.45, 2.75) is 12.5 Å². The normalized spacial score (nSPS) is 11.9. The van der Waals surface area contributed by atoms with Crippen molar-refractivity contribution in [3.8, 4) is 0 Å². The second-order valence-corrected chi connectivity index (χ2v) is 3.82. The van der Waals surface area contributed by atoms with E-state index in [9.17, 15) is 14.0 Å². The zero-order valence-corrected chi connectivity index (χ0v) is 9.94. The first kappa shape index (κ1) is 14.1. The fraction of sp³-hybridized carbons (Fsp3) is 0.333. The van der Waals surface area contributed by atoms with Gasteiger partial charge in [-0.05, 0) is 24.7 Å². The third-order valence-corrected chi connectivity index (χ3v) is 2.30. The van der Waals surface area contributed by atoms with Crippen molar-refractivity contribution in [2.75, 3.05) is 13.6 Å². The molecule has 0 fully saturated rings. The maximum absolute atomic E-state index is 13.0. The fourth-order valence-corrected chi connectivity index (χ4v) is 1.51. The Bertz CT molecular complexity index is 437. The average Bonchev–Trinajstić information content (AvgIpc) is 2.28. The van der Waals surface area contributed by atoms with Crippen molar-refractivity contribution in [2.24, 2.45) is 0 Å². The molecule has 0 bridgehead atoms. The second kappa shape index (κ2) is 6.70. The average molecular weight is 254 g/mol. The number of carboxylic acid groups (broad SMARTS) is 1. The quantitative estimate of drug-likeness (QED) is 0.675. The minimum absolute atomic E-state index is 0.0347. The molecular weight excluding hydrogens is 239 g/mol. The minimum atomic E-state index is -1.15. The summed E-state index contributed by atoms with van der Waals surface area (Å²) in [7, 11) is 1.59. The molecule has 0 saturated carbocycles. The molecule has 0 radical (unpaired) electrons. The van der Waals surface area contributed by atoms with E-state index in [0.717, 1.165) is 0 Å². The summed E-state index contributed by atoms with van der Waals surface area (Å²) in [5, 5.41) is 14.0. The Morgan fingerprint density at radius 2 is 2.17 bits per heavy atom. The molecule has 1 rings (SSSR count). The molecule has 1 atom stereocenters. The lowest BCUT2D eigenvalue weighted by molar-refractivity contribution is -0.141. The minimum Gasteiger partial charge on any atom is -0.480 e. The molecule has 1 amide bonds. The highest BCUT2D eigenvalue weighted by Gasteiger charge is 2.20. The van der Waals surface area contributed by atoms with Crippen molar-refractivity contribution < 1.29 is 19.1 Å². The van der Waals surface area contributed by atoms with Gasteiger partial charge in [0.15, 0.2) is 0 Å². The number of aliphatic carboxylic acids is 1. The Morgan fingerprint density at radius 1 is 1.44 bits per heavy atom. The Morgan fingerprint density at radius 3 is 2.72 bits per heavy atom. The van der Waals surface area contributed by atoms with E-state index in [2.05, 4.69) is 10.6 Å². The van der Waals surface area contributed by atoms with E-state index in [1.54, 1.807) is 13.1 Å². The number of carbonyl (C=O) groups is 2. The van der Waals surface area contributed by atoms with Crippen LogP contribution >= 0.6 is 0 Å². The van der Waals surface area contributed by atoms with Crippen LogP contribution in [0.3, 0.4) is 0 Å². The van der Waals surface area contributed by atoms with Gasteiger partial charge in [0.25, 0.3) is 0 Å². The standard InChI is InChI=1S/C12H15FN2O3/c1-14-7-11(16)15-10(12(17)18)6-8-3-2-4-9(13)5-8/h2-5,10,14H,6-7H2,1H3,(H,15,16)(H,17,18). The van der Waals surface area contributed by atoms with E-state index in [4.69, 9.17) is 5.11 Å². The lowest BCUT2D eigenvalue weighted by Crippen LogP contribution is -2.45. The number of hydrogen-bond acceptors (Lipinski definition) is 3. The van der Waals surface area contributed by atoms with Gasteiger partial charge in [-0.25, -0.2) is 9.18 Å². The number of amides is 1. The SMILES string of the molecule is CNCC(=O)NC(Cc1cccc(F)c1)C(=O)O. The third-order valence-electron chi connectivity index (χ3n) is 2.30. The van der Waals surface area contributed by atoms with Crippen molar-refractivity contribution in [1.29, 1.82) is 0 Å². The largest absolute Gasteiger partial charge is 0.480 e. The van der Waals surface area contributed by atoms with Crippen LogP contribution in [0.4, 0.5) is 4.39 Å². The van der Waals surface area contributed by atoms with Gasteiger partial charge < -0.3 is 15.7 Å². The van der Waals surface area contributed by atoms with E-state index in [1.165, 1.54) is 18.2 Å². The Balaban J connectivity index is 2.69. The highest BCUT2D eigenvalue weighted by Crippen LogP contribution is 2.06. The molecule has 18 heavy (non-hydrogen) atoms. The Hall–Kier alpha value is -1.95. The molecule has 1 unspecified atom stereocenters. The molecular formula is C12H15FN2O3. The molecule has 3 N–H and O–H groups in total. The van der Waals surface area contributed by atoms with Crippen molar-refractivity contribution in [1.82, 2.24) is 10.6 Å². The van der Waals surface area contributed by atoms with Crippen LogP contribution in [-0.4, -0.2) is 36.6 Å². The smallest absolute Gasteiger partial charge is 0.326 e. The first-order chi connectivity index (χ1) is 8.52. The summed E-state index contributed by atoms with van der Waals surface area (Å²) in [6, 6.07) is 4.58. The first-order valence-electron chi connectivity index (χ1n) is 5.44. The Kier molecular flexibility index (Phi) is 5.26. The number of carboxylic acids is 1. The van der Waals surface area contributed by atoms with Crippen LogP contribution in [0.15, 0.2) is 24.3 Å². The Labute approximate surface area is 104 Å². The summed E-state index contributed by atoms with van der Waals surface area (Å²) < 4.78 is 13.0. The molecule has 0 heterocycles. The van der Waals surface area contributed by atoms with Gasteiger partial charge in [0.2, 0.25) is 5.91 Å². The molecule has 0 aliphatic heterocycles. The molecule has 6 heteroatoms. The summed E-state index contributed by atoms with van der Waals surface area (Å²) in [5.41, 5.74) is 0.521. The monoisotopic (exact) mass is 254 g/mol. The van der Waals surface area contributed by atoms with Crippen LogP contribution in [0, 0.1) is 5.82 Å². The molecule has 98 valence electrons. The molecule has 5 nitrogen and oxygen atoms in total. The molecule has 0 spiro atoms. The number of likely N-dealkylation sites (N-methyl/N-ethyl adjacent to an activating group) is 1. The number of rotatable bonds is 6. The van der Waals surface area contributed by atoms with Gasteiger partial charge in [0.05, 0.1) is 6.54 Å². The van der Waals surface area contributed by atoms with E-state index in [-0.39, 0.29) is 13.0 Å². The summed E-state index contributed by atoms with van der Waals surface area (Å²) in [6.07, 6.45) is 0.0442. The zero-order valence-electron chi connectivity index (χ0n) is 9.94. The van der Waals surface area contributed by atoms with Gasteiger partial charge in [-0.15, -0.1) is 0 Å². The second-order valence-electron chi connectivity index (χ2n) is 3.82. The molecule has 1 aromatic rings. The fourth-order valence-electron chi connectivity index (χ4n) is 1.51. The lowest BCUT2D eigenvalue weighted by Gasteiger charge is -2.14. The summed E-state index contributed by atoms with van der Waals surface area (Å²) >= 11 is 0. The number of hydrogen-bond donors (Lipinski definition) is 3. The first-order valence-corrected chi connectivity index (χ1v) is 5.44. The summed E-state index contributed by atoms with van der Waals surface area (Å²) in [5.74, 6) is -2.00. The van der Waals surface area contributed by atoms with Crippen LogP contribution in [0.5, 0.6) is 0 Å². The van der Waals surface area contributed by atoms with Crippen molar-refractivity contribution in [3.63, 3.8) is 0 Å². The number of nitrogens with one attached hydrogen (secondary N) is 2. The molecule has 0 aliphatic rings. The van der Waals surface area contributed by atoms with Gasteiger partial charge >= 0.3 is 5.97 Å². The highest BCUT2D eigenvalue weighted by molar-refractivity contribution is 5.84. The summed E-state index contributed by atoms with van der Waals surface area (Å²) in [4.78, 5) is 22.3. The van der Waals surface area contributed by atoms with E-state index < -0.39 is 23.7 Å². The lowest BCUT2D eigenvalue weighted by atomic mass is 10.1. The number of halogens is 1. The predicted octanol–water partition coefficient (Wildman–Crippen LogP) is 0.157. The van der Waals surface area contributed by atoms with Crippen molar-refractivity contribution >= 4 is 11.9 Å². The van der Waals surface area contributed by atoms with Crippen LogP contribution in [-0.2, 0) is 16.0 Å². The van der Waals surface area contributed by atoms with Gasteiger partial charge in [-0.3, -0.25) is 4.79 Å². The molecule has 0 aliphatic carbocycles.